The van der Waals surface area contributed by atoms with Gasteiger partial charge in [-0.3, -0.25) is 14.7 Å². The van der Waals surface area contributed by atoms with Gasteiger partial charge in [0.25, 0.3) is 0 Å². The van der Waals surface area contributed by atoms with Crippen LogP contribution >= 0.6 is 0 Å². The maximum atomic E-state index is 13.7. The molecule has 0 atom stereocenters. The first-order chi connectivity index (χ1) is 9.63. The minimum Gasteiger partial charge on any atom is -0.481 e. The van der Waals surface area contributed by atoms with E-state index in [0.717, 1.165) is 18.7 Å². The van der Waals surface area contributed by atoms with Gasteiger partial charge in [0.1, 0.15) is 5.82 Å². The Kier molecular flexibility index (Phi) is 3.36. The second-order valence-corrected chi connectivity index (χ2v) is 5.26. The van der Waals surface area contributed by atoms with Crippen molar-refractivity contribution in [2.24, 2.45) is 5.92 Å². The van der Waals surface area contributed by atoms with E-state index in [1.54, 1.807) is 24.4 Å². The van der Waals surface area contributed by atoms with Crippen molar-refractivity contribution < 1.29 is 14.3 Å². The van der Waals surface area contributed by atoms with E-state index in [4.69, 9.17) is 5.11 Å². The Labute approximate surface area is 115 Å². The van der Waals surface area contributed by atoms with Crippen LogP contribution in [0.3, 0.4) is 0 Å². The number of carbonyl (C=O) groups is 1. The van der Waals surface area contributed by atoms with Crippen LogP contribution in [0.25, 0.3) is 10.9 Å². The largest absolute Gasteiger partial charge is 0.481 e. The van der Waals surface area contributed by atoms with Gasteiger partial charge in [-0.15, -0.1) is 0 Å². The molecule has 1 saturated heterocycles. The van der Waals surface area contributed by atoms with Gasteiger partial charge in [-0.2, -0.15) is 0 Å². The van der Waals surface area contributed by atoms with Crippen molar-refractivity contribution in [1.82, 2.24) is 9.88 Å². The number of aliphatic carboxylic acids is 1. The summed E-state index contributed by atoms with van der Waals surface area (Å²) in [6, 6.07) is 6.68. The van der Waals surface area contributed by atoms with Gasteiger partial charge in [-0.05, 0) is 29.7 Å². The Bertz CT molecular complexity index is 653. The molecule has 1 fully saturated rings. The molecule has 1 aliphatic heterocycles. The highest BCUT2D eigenvalue weighted by molar-refractivity contribution is 5.82. The molecule has 104 valence electrons. The van der Waals surface area contributed by atoms with E-state index in [-0.39, 0.29) is 18.2 Å². The lowest BCUT2D eigenvalue weighted by Gasteiger charge is -2.38. The van der Waals surface area contributed by atoms with Crippen LogP contribution in [0.4, 0.5) is 4.39 Å². The quantitative estimate of drug-likeness (QED) is 0.929. The Morgan fingerprint density at radius 1 is 1.40 bits per heavy atom. The van der Waals surface area contributed by atoms with Crippen molar-refractivity contribution in [3.63, 3.8) is 0 Å². The zero-order valence-corrected chi connectivity index (χ0v) is 10.9. The summed E-state index contributed by atoms with van der Waals surface area (Å²) in [4.78, 5) is 17.0. The van der Waals surface area contributed by atoms with Crippen molar-refractivity contribution in [2.45, 2.75) is 13.0 Å². The predicted octanol–water partition coefficient (Wildman–Crippen LogP) is 2.28. The molecule has 0 bridgehead atoms. The monoisotopic (exact) mass is 274 g/mol. The number of nitrogens with zero attached hydrogens (tertiary/aromatic N) is 2. The van der Waals surface area contributed by atoms with Crippen LogP contribution < -0.4 is 0 Å². The second kappa shape index (κ2) is 5.17. The molecule has 1 aromatic carbocycles. The van der Waals surface area contributed by atoms with Crippen LogP contribution in [0, 0.1) is 11.7 Å². The molecule has 5 heteroatoms. The summed E-state index contributed by atoms with van der Waals surface area (Å²) in [5.74, 6) is -0.778. The van der Waals surface area contributed by atoms with E-state index in [2.05, 4.69) is 9.88 Å². The molecule has 1 aromatic heterocycles. The number of rotatable bonds is 4. The molecule has 20 heavy (non-hydrogen) atoms. The standard InChI is InChI=1S/C15H15FN2O2/c16-13-4-3-11(15-12(13)2-1-5-17-15)9-18-7-10(8-18)6-14(19)20/h1-5,10H,6-9H2,(H,19,20). The number of pyridine rings is 1. The maximum Gasteiger partial charge on any atom is 0.303 e. The maximum absolute atomic E-state index is 13.7. The molecule has 2 aromatic rings. The number of fused-ring (bicyclic) bond motifs is 1. The SMILES string of the molecule is O=C(O)CC1CN(Cc2ccc(F)c3cccnc23)C1. The van der Waals surface area contributed by atoms with Gasteiger partial charge in [0.15, 0.2) is 0 Å². The Hall–Kier alpha value is -2.01. The van der Waals surface area contributed by atoms with Gasteiger partial charge in [0, 0.05) is 31.2 Å². The fourth-order valence-electron chi connectivity index (χ4n) is 2.75. The summed E-state index contributed by atoms with van der Waals surface area (Å²) in [6.07, 6.45) is 1.88. The fourth-order valence-corrected chi connectivity index (χ4v) is 2.75. The van der Waals surface area contributed by atoms with Crippen LogP contribution in [-0.2, 0) is 11.3 Å². The van der Waals surface area contributed by atoms with Crippen molar-refractivity contribution in [3.05, 3.63) is 41.8 Å². The number of hydrogen-bond donors (Lipinski definition) is 1. The highest BCUT2D eigenvalue weighted by atomic mass is 19.1. The fraction of sp³-hybridized carbons (Fsp3) is 0.333. The molecule has 0 aliphatic carbocycles. The summed E-state index contributed by atoms with van der Waals surface area (Å²) in [5, 5.41) is 9.26. The van der Waals surface area contributed by atoms with Crippen molar-refractivity contribution in [1.29, 1.82) is 0 Å². The highest BCUT2D eigenvalue weighted by Gasteiger charge is 2.28. The molecule has 0 radical (unpaired) electrons. The van der Waals surface area contributed by atoms with E-state index in [9.17, 15) is 9.18 Å². The number of carboxylic acid groups (broad SMARTS) is 1. The third-order valence-corrected chi connectivity index (χ3v) is 3.69. The smallest absolute Gasteiger partial charge is 0.303 e. The molecule has 0 amide bonds. The first-order valence-electron chi connectivity index (χ1n) is 6.60. The normalized spacial score (nSPS) is 16.2. The molecule has 3 rings (SSSR count). The van der Waals surface area contributed by atoms with Gasteiger partial charge < -0.3 is 5.11 Å². The molecule has 0 spiro atoms. The number of hydrogen-bond acceptors (Lipinski definition) is 3. The molecule has 0 unspecified atom stereocenters. The third kappa shape index (κ3) is 2.49. The minimum absolute atomic E-state index is 0.221. The lowest BCUT2D eigenvalue weighted by Crippen LogP contribution is -2.46. The van der Waals surface area contributed by atoms with E-state index >= 15 is 0 Å². The van der Waals surface area contributed by atoms with Crippen LogP contribution in [-0.4, -0.2) is 34.0 Å². The Balaban J connectivity index is 1.73. The summed E-state index contributed by atoms with van der Waals surface area (Å²) in [7, 11) is 0. The first kappa shape index (κ1) is 13.0. The van der Waals surface area contributed by atoms with E-state index < -0.39 is 5.97 Å². The van der Waals surface area contributed by atoms with Gasteiger partial charge in [0.2, 0.25) is 0 Å². The minimum atomic E-state index is -0.747. The predicted molar refractivity (Wildman–Crippen MR) is 72.7 cm³/mol. The van der Waals surface area contributed by atoms with Crippen molar-refractivity contribution in [3.8, 4) is 0 Å². The first-order valence-corrected chi connectivity index (χ1v) is 6.60. The average Bonchev–Trinajstić information content (AvgIpc) is 2.39. The molecule has 2 heterocycles. The second-order valence-electron chi connectivity index (χ2n) is 5.26. The van der Waals surface area contributed by atoms with Gasteiger partial charge in [0.05, 0.1) is 11.9 Å². The van der Waals surface area contributed by atoms with Crippen molar-refractivity contribution in [2.75, 3.05) is 13.1 Å². The van der Waals surface area contributed by atoms with Gasteiger partial charge >= 0.3 is 5.97 Å². The molecular weight excluding hydrogens is 259 g/mol. The van der Waals surface area contributed by atoms with Crippen LogP contribution in [0.2, 0.25) is 0 Å². The Morgan fingerprint density at radius 3 is 2.95 bits per heavy atom. The van der Waals surface area contributed by atoms with Gasteiger partial charge in [-0.1, -0.05) is 6.07 Å². The summed E-state index contributed by atoms with van der Waals surface area (Å²) in [5.41, 5.74) is 1.67. The van der Waals surface area contributed by atoms with Crippen molar-refractivity contribution >= 4 is 16.9 Å². The summed E-state index contributed by atoms with van der Waals surface area (Å²) in [6.45, 7) is 2.24. The number of likely N-dealkylation sites (tertiary alicyclic amines) is 1. The topological polar surface area (TPSA) is 53.4 Å². The lowest BCUT2D eigenvalue weighted by molar-refractivity contribution is -0.139. The molecular formula is C15H15FN2O2. The third-order valence-electron chi connectivity index (χ3n) is 3.69. The summed E-state index contributed by atoms with van der Waals surface area (Å²) < 4.78 is 13.7. The van der Waals surface area contributed by atoms with E-state index in [1.807, 2.05) is 0 Å². The number of aromatic nitrogens is 1. The van der Waals surface area contributed by atoms with Crippen LogP contribution in [0.15, 0.2) is 30.5 Å². The molecule has 0 saturated carbocycles. The average molecular weight is 274 g/mol. The number of halogens is 1. The molecule has 4 nitrogen and oxygen atoms in total. The van der Waals surface area contributed by atoms with Crippen LogP contribution in [0.1, 0.15) is 12.0 Å². The number of benzene rings is 1. The summed E-state index contributed by atoms with van der Waals surface area (Å²) >= 11 is 0. The zero-order chi connectivity index (χ0) is 14.1. The van der Waals surface area contributed by atoms with Crippen LogP contribution in [0.5, 0.6) is 0 Å². The highest BCUT2D eigenvalue weighted by Crippen LogP contribution is 2.25. The van der Waals surface area contributed by atoms with E-state index in [0.29, 0.717) is 17.4 Å². The van der Waals surface area contributed by atoms with Gasteiger partial charge in [-0.25, -0.2) is 4.39 Å². The molecule has 1 aliphatic rings. The number of carboxylic acids is 1. The zero-order valence-electron chi connectivity index (χ0n) is 10.9. The Morgan fingerprint density at radius 2 is 2.20 bits per heavy atom. The van der Waals surface area contributed by atoms with E-state index in [1.165, 1.54) is 6.07 Å². The molecule has 1 N–H and O–H groups in total. The lowest BCUT2D eigenvalue weighted by atomic mass is 9.95.